The van der Waals surface area contributed by atoms with Gasteiger partial charge in [-0.15, -0.1) is 0 Å². The molecule has 0 fully saturated rings. The van der Waals surface area contributed by atoms with E-state index in [1.807, 2.05) is 12.1 Å². The van der Waals surface area contributed by atoms with Gasteiger partial charge in [-0.25, -0.2) is 13.1 Å². The van der Waals surface area contributed by atoms with E-state index in [-0.39, 0.29) is 4.90 Å². The second-order valence-corrected chi connectivity index (χ2v) is 7.59. The minimum absolute atomic E-state index is 0.255. The Labute approximate surface area is 139 Å². The van der Waals surface area contributed by atoms with Gasteiger partial charge in [-0.05, 0) is 36.4 Å². The molecule has 0 saturated heterocycles. The van der Waals surface area contributed by atoms with Gasteiger partial charge in [-0.3, -0.25) is 0 Å². The number of nitrogen functional groups attached to an aromatic ring is 1. The van der Waals surface area contributed by atoms with E-state index >= 15 is 0 Å². The van der Waals surface area contributed by atoms with Gasteiger partial charge >= 0.3 is 0 Å². The first kappa shape index (κ1) is 15.6. The number of nitrogens with two attached hydrogens (primary N) is 1. The van der Waals surface area contributed by atoms with Crippen molar-refractivity contribution >= 4 is 27.3 Å². The van der Waals surface area contributed by atoms with Crippen molar-refractivity contribution in [2.75, 3.05) is 12.0 Å². The smallest absolute Gasteiger partial charge is 0.175 e. The van der Waals surface area contributed by atoms with Crippen LogP contribution in [0.2, 0.25) is 5.02 Å². The van der Waals surface area contributed by atoms with Gasteiger partial charge in [-0.2, -0.15) is 5.10 Å². The van der Waals surface area contributed by atoms with E-state index in [2.05, 4.69) is 5.10 Å². The van der Waals surface area contributed by atoms with Crippen LogP contribution in [0.1, 0.15) is 0 Å². The molecule has 7 heteroatoms. The van der Waals surface area contributed by atoms with Crippen LogP contribution >= 0.6 is 11.6 Å². The third-order valence-electron chi connectivity index (χ3n) is 3.39. The average Bonchev–Trinajstić information content (AvgIpc) is 2.89. The molecule has 1 aromatic heterocycles. The molecule has 1 heterocycles. The fourth-order valence-corrected chi connectivity index (χ4v) is 2.96. The largest absolute Gasteiger partial charge is 0.384 e. The van der Waals surface area contributed by atoms with Crippen molar-refractivity contribution in [1.29, 1.82) is 0 Å². The highest BCUT2D eigenvalue weighted by molar-refractivity contribution is 7.90. The second-order valence-electron chi connectivity index (χ2n) is 5.14. The van der Waals surface area contributed by atoms with Gasteiger partial charge in [0.25, 0.3) is 0 Å². The zero-order valence-electron chi connectivity index (χ0n) is 12.3. The van der Waals surface area contributed by atoms with E-state index < -0.39 is 9.84 Å². The van der Waals surface area contributed by atoms with Gasteiger partial charge in [0, 0.05) is 22.9 Å². The summed E-state index contributed by atoms with van der Waals surface area (Å²) in [5.74, 6) is 0.460. The zero-order valence-corrected chi connectivity index (χ0v) is 13.8. The number of halogens is 1. The summed E-state index contributed by atoms with van der Waals surface area (Å²) in [5.41, 5.74) is 8.32. The molecular weight excluding hydrogens is 334 g/mol. The molecule has 0 atom stereocenters. The molecule has 0 aliphatic carbocycles. The van der Waals surface area contributed by atoms with Crippen LogP contribution in [0, 0.1) is 0 Å². The Morgan fingerprint density at radius 1 is 1.04 bits per heavy atom. The van der Waals surface area contributed by atoms with Crippen molar-refractivity contribution < 1.29 is 8.42 Å². The molecule has 2 aromatic carbocycles. The first-order valence-corrected chi connectivity index (χ1v) is 9.03. The fourth-order valence-electron chi connectivity index (χ4n) is 2.20. The van der Waals surface area contributed by atoms with Gasteiger partial charge in [-0.1, -0.05) is 23.7 Å². The number of aromatic nitrogens is 2. The van der Waals surface area contributed by atoms with Gasteiger partial charge in [0.15, 0.2) is 9.84 Å². The standard InChI is InChI=1S/C16H14ClN3O2S/c1-23(21,22)14-8-6-13(7-9-14)20-16(18)10-15(19-20)11-2-4-12(17)5-3-11/h2-10H,18H2,1H3. The van der Waals surface area contributed by atoms with Gasteiger partial charge < -0.3 is 5.73 Å². The number of nitrogens with zero attached hydrogens (tertiary/aromatic N) is 2. The summed E-state index contributed by atoms with van der Waals surface area (Å²) >= 11 is 5.88. The average molecular weight is 348 g/mol. The number of rotatable bonds is 3. The molecule has 0 aliphatic heterocycles. The Hall–Kier alpha value is -2.31. The Morgan fingerprint density at radius 3 is 2.22 bits per heavy atom. The monoisotopic (exact) mass is 347 g/mol. The molecule has 118 valence electrons. The first-order chi connectivity index (χ1) is 10.8. The summed E-state index contributed by atoms with van der Waals surface area (Å²) in [7, 11) is -3.23. The summed E-state index contributed by atoms with van der Waals surface area (Å²) in [4.78, 5) is 0.255. The van der Waals surface area contributed by atoms with E-state index in [0.717, 1.165) is 5.56 Å². The maximum Gasteiger partial charge on any atom is 0.175 e. The molecule has 0 aliphatic rings. The number of anilines is 1. The van der Waals surface area contributed by atoms with E-state index in [1.165, 1.54) is 18.4 Å². The van der Waals surface area contributed by atoms with E-state index in [0.29, 0.717) is 22.2 Å². The van der Waals surface area contributed by atoms with Crippen LogP contribution in [-0.2, 0) is 9.84 Å². The number of benzene rings is 2. The maximum atomic E-state index is 11.5. The maximum absolute atomic E-state index is 11.5. The SMILES string of the molecule is CS(=O)(=O)c1ccc(-n2nc(-c3ccc(Cl)cc3)cc2N)cc1. The molecule has 0 saturated carbocycles. The summed E-state index contributed by atoms with van der Waals surface area (Å²) in [6.45, 7) is 0. The van der Waals surface area contributed by atoms with Crippen LogP contribution in [0.25, 0.3) is 16.9 Å². The molecule has 3 aromatic rings. The van der Waals surface area contributed by atoms with Crippen molar-refractivity contribution in [2.45, 2.75) is 4.90 Å². The molecule has 0 unspecified atom stereocenters. The number of hydrogen-bond donors (Lipinski definition) is 1. The molecule has 23 heavy (non-hydrogen) atoms. The molecule has 5 nitrogen and oxygen atoms in total. The second kappa shape index (κ2) is 5.72. The molecule has 3 rings (SSSR count). The lowest BCUT2D eigenvalue weighted by molar-refractivity contribution is 0.602. The molecule has 0 spiro atoms. The summed E-state index contributed by atoms with van der Waals surface area (Å²) in [5, 5.41) is 5.12. The predicted octanol–water partition coefficient (Wildman–Crippen LogP) is 3.18. The van der Waals surface area contributed by atoms with E-state index in [4.69, 9.17) is 17.3 Å². The minimum atomic E-state index is -3.23. The minimum Gasteiger partial charge on any atom is -0.384 e. The fraction of sp³-hybridized carbons (Fsp3) is 0.0625. The summed E-state index contributed by atoms with van der Waals surface area (Å²) in [6, 6.07) is 15.5. The highest BCUT2D eigenvalue weighted by Crippen LogP contribution is 2.24. The number of hydrogen-bond acceptors (Lipinski definition) is 4. The van der Waals surface area contributed by atoms with Crippen LogP contribution in [0.4, 0.5) is 5.82 Å². The highest BCUT2D eigenvalue weighted by atomic mass is 35.5. The van der Waals surface area contributed by atoms with Crippen LogP contribution in [0.5, 0.6) is 0 Å². The quantitative estimate of drug-likeness (QED) is 0.789. The van der Waals surface area contributed by atoms with Crippen LogP contribution in [-0.4, -0.2) is 24.5 Å². The summed E-state index contributed by atoms with van der Waals surface area (Å²) in [6.07, 6.45) is 1.17. The van der Waals surface area contributed by atoms with Gasteiger partial charge in [0.05, 0.1) is 16.3 Å². The Morgan fingerprint density at radius 2 is 1.65 bits per heavy atom. The Kier molecular flexibility index (Phi) is 3.87. The number of sulfone groups is 1. The van der Waals surface area contributed by atoms with Crippen molar-refractivity contribution in [3.8, 4) is 16.9 Å². The topological polar surface area (TPSA) is 78.0 Å². The molecular formula is C16H14ClN3O2S. The van der Waals surface area contributed by atoms with Gasteiger partial charge in [0.2, 0.25) is 0 Å². The lowest BCUT2D eigenvalue weighted by Crippen LogP contribution is -2.03. The normalized spacial score (nSPS) is 11.6. The van der Waals surface area contributed by atoms with E-state index in [1.54, 1.807) is 35.0 Å². The lowest BCUT2D eigenvalue weighted by Gasteiger charge is -2.05. The van der Waals surface area contributed by atoms with Crippen molar-refractivity contribution in [3.63, 3.8) is 0 Å². The van der Waals surface area contributed by atoms with Gasteiger partial charge in [0.1, 0.15) is 5.82 Å². The summed E-state index contributed by atoms with van der Waals surface area (Å²) < 4.78 is 24.6. The van der Waals surface area contributed by atoms with Crippen LogP contribution in [0.3, 0.4) is 0 Å². The van der Waals surface area contributed by atoms with Crippen LogP contribution < -0.4 is 5.73 Å². The Balaban J connectivity index is 1.99. The third-order valence-corrected chi connectivity index (χ3v) is 4.77. The van der Waals surface area contributed by atoms with Crippen LogP contribution in [0.15, 0.2) is 59.5 Å². The van der Waals surface area contributed by atoms with Crippen molar-refractivity contribution in [3.05, 3.63) is 59.6 Å². The van der Waals surface area contributed by atoms with E-state index in [9.17, 15) is 8.42 Å². The predicted molar refractivity (Wildman–Crippen MR) is 91.5 cm³/mol. The molecule has 0 amide bonds. The zero-order chi connectivity index (χ0) is 16.6. The first-order valence-electron chi connectivity index (χ1n) is 6.76. The van der Waals surface area contributed by atoms with Crippen molar-refractivity contribution in [2.24, 2.45) is 0 Å². The highest BCUT2D eigenvalue weighted by Gasteiger charge is 2.11. The molecule has 2 N–H and O–H groups in total. The lowest BCUT2D eigenvalue weighted by atomic mass is 10.1. The molecule has 0 bridgehead atoms. The Bertz CT molecular complexity index is 946. The third kappa shape index (κ3) is 3.23. The molecule has 0 radical (unpaired) electrons. The van der Waals surface area contributed by atoms with Crippen molar-refractivity contribution in [1.82, 2.24) is 9.78 Å².